The van der Waals surface area contributed by atoms with Crippen LogP contribution in [0.1, 0.15) is 27.7 Å². The molecule has 0 amide bonds. The van der Waals surface area contributed by atoms with Gasteiger partial charge in [-0.3, -0.25) is 4.79 Å². The van der Waals surface area contributed by atoms with Crippen LogP contribution in [0.25, 0.3) is 0 Å². The molecule has 0 aromatic carbocycles. The maximum Gasteiger partial charge on any atom is 0.312 e. The van der Waals surface area contributed by atoms with Crippen LogP contribution in [0, 0.1) is 0 Å². The Morgan fingerprint density at radius 3 is 2.17 bits per heavy atom. The smallest absolute Gasteiger partial charge is 0.312 e. The molecule has 0 N–H and O–H groups in total. The van der Waals surface area contributed by atoms with E-state index >= 15 is 0 Å². The summed E-state index contributed by atoms with van der Waals surface area (Å²) in [4.78, 5) is 11.3. The molecule has 0 radical (unpaired) electrons. The Morgan fingerprint density at radius 1 is 1.33 bits per heavy atom. The summed E-state index contributed by atoms with van der Waals surface area (Å²) in [5.74, 6) is -0.0210. The zero-order valence-electron chi connectivity index (χ0n) is 8.46. The molecule has 0 rings (SSSR count). The molecule has 0 spiro atoms. The van der Waals surface area contributed by atoms with Crippen LogP contribution in [0.4, 0.5) is 0 Å². The van der Waals surface area contributed by atoms with Gasteiger partial charge in [0.2, 0.25) is 0 Å². The number of ether oxygens (including phenoxy) is 1. The van der Waals surface area contributed by atoms with E-state index in [0.29, 0.717) is 6.61 Å². The van der Waals surface area contributed by atoms with Crippen molar-refractivity contribution >= 4 is 13.9 Å². The van der Waals surface area contributed by atoms with Gasteiger partial charge in [-0.05, 0) is 26.2 Å². The minimum Gasteiger partial charge on any atom is -0.466 e. The lowest BCUT2D eigenvalue weighted by Gasteiger charge is -2.19. The van der Waals surface area contributed by atoms with Gasteiger partial charge in [-0.1, -0.05) is 21.8 Å². The molecule has 0 fully saturated rings. The van der Waals surface area contributed by atoms with Crippen molar-refractivity contribution in [3.63, 3.8) is 0 Å². The van der Waals surface area contributed by atoms with Gasteiger partial charge in [0.25, 0.3) is 0 Å². The first kappa shape index (κ1) is 11.9. The molecule has 0 aliphatic heterocycles. The number of hydrogen-bond acceptors (Lipinski definition) is 2. The molecule has 1 atom stereocenters. The van der Waals surface area contributed by atoms with Crippen molar-refractivity contribution in [3.8, 4) is 0 Å². The lowest BCUT2D eigenvalue weighted by Crippen LogP contribution is -2.19. The van der Waals surface area contributed by atoms with Gasteiger partial charge < -0.3 is 4.74 Å². The topological polar surface area (TPSA) is 26.3 Å². The van der Waals surface area contributed by atoms with Gasteiger partial charge in [-0.2, -0.15) is 0 Å². The van der Waals surface area contributed by atoms with Crippen molar-refractivity contribution in [1.82, 2.24) is 0 Å². The van der Waals surface area contributed by atoms with Crippen molar-refractivity contribution in [1.29, 1.82) is 0 Å². The normalized spacial score (nSPS) is 13.1. The Labute approximate surface area is 76.4 Å². The van der Waals surface area contributed by atoms with Crippen LogP contribution in [0.3, 0.4) is 0 Å². The van der Waals surface area contributed by atoms with E-state index in [0.717, 1.165) is 12.3 Å². The summed E-state index contributed by atoms with van der Waals surface area (Å²) in [7, 11) is -0.143. The van der Waals surface area contributed by atoms with E-state index in [1.54, 1.807) is 0 Å². The van der Waals surface area contributed by atoms with Crippen LogP contribution in [0.2, 0.25) is 0 Å². The highest BCUT2D eigenvalue weighted by Gasteiger charge is 2.21. The van der Waals surface area contributed by atoms with Gasteiger partial charge in [0.05, 0.1) is 12.3 Å². The average Bonchev–Trinajstić information content (AvgIpc) is 2.07. The molecule has 0 aromatic heterocycles. The highest BCUT2D eigenvalue weighted by molar-refractivity contribution is 7.59. The third-order valence-corrected chi connectivity index (χ3v) is 4.92. The molecule has 0 bridgehead atoms. The molecule has 0 heterocycles. The molecule has 1 unspecified atom stereocenters. The molecule has 0 aliphatic rings. The molecule has 0 saturated carbocycles. The van der Waals surface area contributed by atoms with Gasteiger partial charge in [0.1, 0.15) is 0 Å². The molecule has 0 aliphatic carbocycles. The second kappa shape index (κ2) is 6.42. The van der Waals surface area contributed by atoms with Gasteiger partial charge in [0, 0.05) is 0 Å². The summed E-state index contributed by atoms with van der Waals surface area (Å²) < 4.78 is 4.97. The molecular weight excluding hydrogens is 171 g/mol. The van der Waals surface area contributed by atoms with Crippen molar-refractivity contribution < 1.29 is 9.53 Å². The fourth-order valence-corrected chi connectivity index (χ4v) is 3.10. The summed E-state index contributed by atoms with van der Waals surface area (Å²) in [6.45, 7) is 8.62. The highest BCUT2D eigenvalue weighted by atomic mass is 31.1. The van der Waals surface area contributed by atoms with Crippen molar-refractivity contribution in [2.24, 2.45) is 0 Å². The third-order valence-electron chi connectivity index (χ3n) is 1.99. The first-order valence-corrected chi connectivity index (χ1v) is 6.36. The Balaban J connectivity index is 3.96. The van der Waals surface area contributed by atoms with E-state index in [9.17, 15) is 4.79 Å². The van der Waals surface area contributed by atoms with Crippen molar-refractivity contribution in [2.45, 2.75) is 33.4 Å². The Morgan fingerprint density at radius 2 is 1.83 bits per heavy atom. The summed E-state index contributed by atoms with van der Waals surface area (Å²) in [5, 5.41) is 0. The molecular formula is C9H19O2P. The van der Waals surface area contributed by atoms with E-state index in [1.165, 1.54) is 0 Å². The predicted octanol–water partition coefficient (Wildman–Crippen LogP) is 2.46. The van der Waals surface area contributed by atoms with Gasteiger partial charge in [0.15, 0.2) is 0 Å². The first-order valence-electron chi connectivity index (χ1n) is 4.57. The van der Waals surface area contributed by atoms with Gasteiger partial charge in [-0.25, -0.2) is 0 Å². The maximum atomic E-state index is 11.3. The van der Waals surface area contributed by atoms with Crippen molar-refractivity contribution in [3.05, 3.63) is 0 Å². The zero-order chi connectivity index (χ0) is 9.56. The summed E-state index contributed by atoms with van der Waals surface area (Å²) in [6, 6.07) is 0. The molecule has 72 valence electrons. The number of carbonyl (C=O) groups is 1. The molecule has 0 aromatic rings. The number of esters is 1. The van der Waals surface area contributed by atoms with Crippen LogP contribution in [-0.4, -0.2) is 30.6 Å². The number of rotatable bonds is 5. The Bertz CT molecular complexity index is 132. The molecule has 2 nitrogen and oxygen atoms in total. The fraction of sp³-hybridized carbons (Fsp3) is 0.889. The molecule has 3 heteroatoms. The Kier molecular flexibility index (Phi) is 6.37. The molecule has 0 saturated heterocycles. The van der Waals surface area contributed by atoms with Gasteiger partial charge >= 0.3 is 5.97 Å². The van der Waals surface area contributed by atoms with Crippen LogP contribution < -0.4 is 0 Å². The zero-order valence-corrected chi connectivity index (χ0v) is 9.36. The maximum absolute atomic E-state index is 11.3. The second-order valence-corrected chi connectivity index (χ2v) is 5.87. The summed E-state index contributed by atoms with van der Waals surface area (Å²) >= 11 is 0. The number of carbonyl (C=O) groups excluding carboxylic acids is 1. The van der Waals surface area contributed by atoms with E-state index in [1.807, 2.05) is 13.8 Å². The van der Waals surface area contributed by atoms with Crippen LogP contribution in [0.15, 0.2) is 0 Å². The third kappa shape index (κ3) is 3.53. The second-order valence-electron chi connectivity index (χ2n) is 2.65. The highest BCUT2D eigenvalue weighted by Crippen LogP contribution is 2.40. The predicted molar refractivity (Wildman–Crippen MR) is 54.1 cm³/mol. The minimum absolute atomic E-state index is 0.0210. The minimum atomic E-state index is -0.143. The van der Waals surface area contributed by atoms with E-state index in [-0.39, 0.29) is 19.5 Å². The Hall–Kier alpha value is -0.100. The average molecular weight is 190 g/mol. The van der Waals surface area contributed by atoms with Gasteiger partial charge in [-0.15, -0.1) is 0 Å². The van der Waals surface area contributed by atoms with E-state index in [2.05, 4.69) is 13.8 Å². The number of hydrogen-bond donors (Lipinski definition) is 0. The summed E-state index contributed by atoms with van der Waals surface area (Å²) in [5.41, 5.74) is 0.120. The monoisotopic (exact) mass is 190 g/mol. The van der Waals surface area contributed by atoms with Crippen LogP contribution in [-0.2, 0) is 9.53 Å². The molecule has 12 heavy (non-hydrogen) atoms. The van der Waals surface area contributed by atoms with E-state index in [4.69, 9.17) is 4.74 Å². The fourth-order valence-electron chi connectivity index (χ4n) is 1.18. The standard InChI is InChI=1S/C9H19O2P/c1-5-11-9(10)8(4)12(6-2)7-3/h8H,5-7H2,1-4H3. The van der Waals surface area contributed by atoms with E-state index < -0.39 is 0 Å². The first-order chi connectivity index (χ1) is 5.67. The van der Waals surface area contributed by atoms with Crippen molar-refractivity contribution in [2.75, 3.05) is 18.9 Å². The van der Waals surface area contributed by atoms with Crippen LogP contribution in [0.5, 0.6) is 0 Å². The summed E-state index contributed by atoms with van der Waals surface area (Å²) in [6.07, 6.45) is 2.23. The largest absolute Gasteiger partial charge is 0.466 e. The van der Waals surface area contributed by atoms with Crippen LogP contribution >= 0.6 is 7.92 Å². The quantitative estimate of drug-likeness (QED) is 0.491. The lowest BCUT2D eigenvalue weighted by atomic mass is 10.5. The SMILES string of the molecule is CCOC(=O)C(C)P(CC)CC. The lowest BCUT2D eigenvalue weighted by molar-refractivity contribution is -0.142.